The van der Waals surface area contributed by atoms with Gasteiger partial charge in [-0.05, 0) is 19.4 Å². The molecule has 0 spiro atoms. The molecule has 0 aromatic rings. The average Bonchev–Trinajstić information content (AvgIpc) is 2.12. The van der Waals surface area contributed by atoms with E-state index in [0.717, 1.165) is 12.8 Å². The molecule has 14 heavy (non-hydrogen) atoms. The maximum absolute atomic E-state index is 10.8. The van der Waals surface area contributed by atoms with Gasteiger partial charge in [0.05, 0.1) is 0 Å². The van der Waals surface area contributed by atoms with Crippen LogP contribution in [0.3, 0.4) is 0 Å². The summed E-state index contributed by atoms with van der Waals surface area (Å²) in [7, 11) is 0. The molecule has 1 radical (unpaired) electrons. The van der Waals surface area contributed by atoms with Gasteiger partial charge in [-0.3, -0.25) is 4.79 Å². The first-order chi connectivity index (χ1) is 6.20. The molecule has 1 N–H and O–H groups in total. The Morgan fingerprint density at radius 1 is 1.43 bits per heavy atom. The minimum atomic E-state index is -0.129. The van der Waals surface area contributed by atoms with E-state index in [1.54, 1.807) is 0 Å². The van der Waals surface area contributed by atoms with Crippen molar-refractivity contribution in [1.29, 1.82) is 0 Å². The second-order valence-electron chi connectivity index (χ2n) is 3.26. The van der Waals surface area contributed by atoms with Gasteiger partial charge in [-0.15, -0.1) is 0 Å². The second-order valence-corrected chi connectivity index (χ2v) is 3.26. The van der Waals surface area contributed by atoms with Gasteiger partial charge in [-0.1, -0.05) is 39.2 Å². The molecule has 0 aromatic carbocycles. The molecule has 0 aliphatic heterocycles. The first kappa shape index (κ1) is 16.6. The Labute approximate surface area is 110 Å². The van der Waals surface area contributed by atoms with E-state index in [0.29, 0.717) is 0 Å². The van der Waals surface area contributed by atoms with Crippen molar-refractivity contribution in [1.82, 2.24) is 5.32 Å². The average molecular weight is 206 g/mol. The van der Waals surface area contributed by atoms with Gasteiger partial charge in [0, 0.05) is 6.04 Å². The quantitative estimate of drug-likeness (QED) is 0.384. The van der Waals surface area contributed by atoms with Crippen LogP contribution in [0.2, 0.25) is 0 Å². The van der Waals surface area contributed by atoms with Crippen molar-refractivity contribution in [3.8, 4) is 0 Å². The van der Waals surface area contributed by atoms with Gasteiger partial charge in [0.15, 0.2) is 0 Å². The topological polar surface area (TPSA) is 29.1 Å². The summed E-state index contributed by atoms with van der Waals surface area (Å²) in [6.07, 6.45) is 7.11. The Hall–Kier alpha value is 0.210. The Balaban J connectivity index is 0. The SMILES string of the molecule is [CH2]C(CCCCCC)NC(=O)C=C.[NaH]. The van der Waals surface area contributed by atoms with Gasteiger partial charge >= 0.3 is 29.6 Å². The van der Waals surface area contributed by atoms with Gasteiger partial charge in [-0.25, -0.2) is 0 Å². The predicted molar refractivity (Wildman–Crippen MR) is 63.4 cm³/mol. The van der Waals surface area contributed by atoms with E-state index in [9.17, 15) is 4.79 Å². The first-order valence-electron chi connectivity index (χ1n) is 4.96. The van der Waals surface area contributed by atoms with E-state index in [2.05, 4.69) is 25.7 Å². The van der Waals surface area contributed by atoms with Gasteiger partial charge in [0.2, 0.25) is 5.91 Å². The molecule has 0 aliphatic carbocycles. The fourth-order valence-electron chi connectivity index (χ4n) is 1.15. The van der Waals surface area contributed by atoms with Crippen LogP contribution in [-0.2, 0) is 4.79 Å². The van der Waals surface area contributed by atoms with Crippen LogP contribution in [0.5, 0.6) is 0 Å². The third-order valence-electron chi connectivity index (χ3n) is 1.94. The van der Waals surface area contributed by atoms with Crippen molar-refractivity contribution < 1.29 is 4.79 Å². The summed E-state index contributed by atoms with van der Waals surface area (Å²) in [6, 6.07) is 0.0300. The fourth-order valence-corrected chi connectivity index (χ4v) is 1.15. The van der Waals surface area contributed by atoms with E-state index in [1.807, 2.05) is 0 Å². The summed E-state index contributed by atoms with van der Waals surface area (Å²) in [5.74, 6) is -0.129. The molecule has 0 aromatic heterocycles. The summed E-state index contributed by atoms with van der Waals surface area (Å²) in [5.41, 5.74) is 0. The van der Waals surface area contributed by atoms with Crippen molar-refractivity contribution in [2.24, 2.45) is 0 Å². The maximum atomic E-state index is 10.8. The number of nitrogens with one attached hydrogen (secondary N) is 1. The number of amides is 1. The molecular formula is C11H21NNaO. The molecule has 0 rings (SSSR count). The molecule has 0 bridgehead atoms. The summed E-state index contributed by atoms with van der Waals surface area (Å²) in [6.45, 7) is 9.41. The third-order valence-corrected chi connectivity index (χ3v) is 1.94. The van der Waals surface area contributed by atoms with E-state index in [-0.39, 0.29) is 41.5 Å². The zero-order chi connectivity index (χ0) is 10.1. The van der Waals surface area contributed by atoms with Crippen LogP contribution in [0, 0.1) is 6.92 Å². The Kier molecular flexibility index (Phi) is 13.4. The van der Waals surface area contributed by atoms with Crippen molar-refractivity contribution >= 4 is 35.5 Å². The molecule has 0 saturated carbocycles. The molecule has 0 aliphatic rings. The zero-order valence-corrected chi connectivity index (χ0v) is 8.51. The van der Waals surface area contributed by atoms with Crippen LogP contribution in [0.15, 0.2) is 12.7 Å². The predicted octanol–water partition coefficient (Wildman–Crippen LogP) is 1.81. The van der Waals surface area contributed by atoms with Crippen LogP contribution in [0.1, 0.15) is 39.0 Å². The van der Waals surface area contributed by atoms with E-state index >= 15 is 0 Å². The van der Waals surface area contributed by atoms with Crippen molar-refractivity contribution in [3.63, 3.8) is 0 Å². The van der Waals surface area contributed by atoms with E-state index in [4.69, 9.17) is 0 Å². The fraction of sp³-hybridized carbons (Fsp3) is 0.636. The standard InChI is InChI=1S/C11H20NO.Na.H/c1-4-6-7-8-9-10(3)12-11(13)5-2;;/h5,10H,2-4,6-9H2,1H3,(H,12,13);;. The molecule has 0 saturated heterocycles. The van der Waals surface area contributed by atoms with Crippen LogP contribution in [0.25, 0.3) is 0 Å². The van der Waals surface area contributed by atoms with Crippen LogP contribution in [-0.4, -0.2) is 41.5 Å². The minimum absolute atomic E-state index is 0. The van der Waals surface area contributed by atoms with Crippen molar-refractivity contribution in [2.45, 2.75) is 45.1 Å². The number of hydrogen-bond acceptors (Lipinski definition) is 1. The summed E-state index contributed by atoms with van der Waals surface area (Å²) in [4.78, 5) is 10.8. The number of hydrogen-bond donors (Lipinski definition) is 1. The number of unbranched alkanes of at least 4 members (excludes halogenated alkanes) is 3. The van der Waals surface area contributed by atoms with Gasteiger partial charge in [0.1, 0.15) is 0 Å². The molecule has 0 heterocycles. The van der Waals surface area contributed by atoms with Crippen LogP contribution < -0.4 is 5.32 Å². The number of carbonyl (C=O) groups is 1. The van der Waals surface area contributed by atoms with Gasteiger partial charge in [0.25, 0.3) is 0 Å². The molecule has 0 fully saturated rings. The number of rotatable bonds is 7. The summed E-state index contributed by atoms with van der Waals surface area (Å²) in [5, 5.41) is 2.74. The molecule has 2 nitrogen and oxygen atoms in total. The van der Waals surface area contributed by atoms with Crippen LogP contribution in [0.4, 0.5) is 0 Å². The zero-order valence-electron chi connectivity index (χ0n) is 8.51. The normalized spacial score (nSPS) is 11.3. The first-order valence-corrected chi connectivity index (χ1v) is 4.96. The van der Waals surface area contributed by atoms with Gasteiger partial charge in [-0.2, -0.15) is 0 Å². The molecule has 1 amide bonds. The van der Waals surface area contributed by atoms with Crippen molar-refractivity contribution in [2.75, 3.05) is 0 Å². The summed E-state index contributed by atoms with van der Waals surface area (Å²) >= 11 is 0. The van der Waals surface area contributed by atoms with Gasteiger partial charge < -0.3 is 5.32 Å². The molecule has 1 atom stereocenters. The Morgan fingerprint density at radius 3 is 2.57 bits per heavy atom. The van der Waals surface area contributed by atoms with Crippen LogP contribution >= 0.6 is 0 Å². The van der Waals surface area contributed by atoms with Crippen molar-refractivity contribution in [3.05, 3.63) is 19.6 Å². The summed E-state index contributed by atoms with van der Waals surface area (Å²) < 4.78 is 0. The molecule has 77 valence electrons. The Morgan fingerprint density at radius 2 is 2.07 bits per heavy atom. The van der Waals surface area contributed by atoms with E-state index < -0.39 is 0 Å². The monoisotopic (exact) mass is 206 g/mol. The molecule has 1 unspecified atom stereocenters. The second kappa shape index (κ2) is 11.3. The van der Waals surface area contributed by atoms with E-state index in [1.165, 1.54) is 25.3 Å². The third kappa shape index (κ3) is 10.3. The number of carbonyl (C=O) groups excluding carboxylic acids is 1. The molecular weight excluding hydrogens is 185 g/mol. The molecule has 3 heteroatoms. The Bertz CT molecular complexity index is 159.